The summed E-state index contributed by atoms with van der Waals surface area (Å²) in [6.07, 6.45) is 0. The summed E-state index contributed by atoms with van der Waals surface area (Å²) in [7, 11) is 0.147. The minimum Gasteiger partial charge on any atom is -0.497 e. The molecule has 1 atom stereocenters. The van der Waals surface area contributed by atoms with E-state index in [1.165, 1.54) is 13.2 Å². The van der Waals surface area contributed by atoms with Crippen LogP contribution in [0.25, 0.3) is 0 Å². The summed E-state index contributed by atoms with van der Waals surface area (Å²) in [4.78, 5) is 0.593. The van der Waals surface area contributed by atoms with Gasteiger partial charge in [-0.2, -0.15) is 0 Å². The molecule has 3 nitrogen and oxygen atoms in total. The highest BCUT2D eigenvalue weighted by Crippen LogP contribution is 2.20. The summed E-state index contributed by atoms with van der Waals surface area (Å²) in [6, 6.07) is 11.3. The standard InChI is InChI=1S/C14H14FNO2S/c1-18-12-6-5-10(14(15)8-12)9-19(17)13-4-2-3-11(16)7-13/h2-8H,9,16H2,1H3. The van der Waals surface area contributed by atoms with Crippen LogP contribution in [0.3, 0.4) is 0 Å². The van der Waals surface area contributed by atoms with Crippen LogP contribution in [0.5, 0.6) is 5.75 Å². The highest BCUT2D eigenvalue weighted by Gasteiger charge is 2.10. The Morgan fingerprint density at radius 1 is 1.26 bits per heavy atom. The quantitative estimate of drug-likeness (QED) is 0.875. The Hall–Kier alpha value is -1.88. The molecule has 0 aliphatic heterocycles. The van der Waals surface area contributed by atoms with Crippen molar-refractivity contribution in [1.29, 1.82) is 0 Å². The Morgan fingerprint density at radius 3 is 2.68 bits per heavy atom. The highest BCUT2D eigenvalue weighted by atomic mass is 32.2. The molecule has 0 spiro atoms. The summed E-state index contributed by atoms with van der Waals surface area (Å²) in [5.74, 6) is 0.131. The minimum absolute atomic E-state index is 0.110. The number of hydrogen-bond donors (Lipinski definition) is 1. The van der Waals surface area contributed by atoms with E-state index in [2.05, 4.69) is 0 Å². The number of anilines is 1. The van der Waals surface area contributed by atoms with E-state index in [1.807, 2.05) is 0 Å². The Kier molecular flexibility index (Phi) is 4.16. The average Bonchev–Trinajstić information content (AvgIpc) is 2.41. The van der Waals surface area contributed by atoms with Gasteiger partial charge in [0, 0.05) is 22.2 Å². The zero-order valence-corrected chi connectivity index (χ0v) is 11.2. The average molecular weight is 279 g/mol. The van der Waals surface area contributed by atoms with Crippen molar-refractivity contribution in [3.05, 3.63) is 53.8 Å². The van der Waals surface area contributed by atoms with E-state index >= 15 is 0 Å². The molecule has 2 aromatic carbocycles. The maximum absolute atomic E-state index is 13.8. The van der Waals surface area contributed by atoms with Crippen molar-refractivity contribution in [2.24, 2.45) is 0 Å². The number of nitrogens with two attached hydrogens (primary N) is 1. The zero-order chi connectivity index (χ0) is 13.8. The largest absolute Gasteiger partial charge is 0.497 e. The minimum atomic E-state index is -1.32. The van der Waals surface area contributed by atoms with Crippen molar-refractivity contribution in [3.63, 3.8) is 0 Å². The van der Waals surface area contributed by atoms with Crippen molar-refractivity contribution in [3.8, 4) is 5.75 Å². The van der Waals surface area contributed by atoms with Gasteiger partial charge in [0.15, 0.2) is 0 Å². The van der Waals surface area contributed by atoms with E-state index in [9.17, 15) is 8.60 Å². The van der Waals surface area contributed by atoms with E-state index in [0.29, 0.717) is 21.9 Å². The molecule has 0 radical (unpaired) electrons. The van der Waals surface area contributed by atoms with Crippen LogP contribution >= 0.6 is 0 Å². The maximum Gasteiger partial charge on any atom is 0.131 e. The number of ether oxygens (including phenoxy) is 1. The Labute approximate surface area is 113 Å². The van der Waals surface area contributed by atoms with E-state index in [4.69, 9.17) is 10.5 Å². The zero-order valence-electron chi connectivity index (χ0n) is 10.4. The predicted octanol–water partition coefficient (Wildman–Crippen LogP) is 2.72. The summed E-state index contributed by atoms with van der Waals surface area (Å²) in [6.45, 7) is 0. The van der Waals surface area contributed by atoms with Gasteiger partial charge in [-0.3, -0.25) is 4.21 Å². The molecule has 2 rings (SSSR count). The van der Waals surface area contributed by atoms with E-state index in [-0.39, 0.29) is 5.75 Å². The lowest BCUT2D eigenvalue weighted by Gasteiger charge is -2.06. The lowest BCUT2D eigenvalue weighted by Crippen LogP contribution is -2.00. The Morgan fingerprint density at radius 2 is 2.05 bits per heavy atom. The normalized spacial score (nSPS) is 12.1. The fraction of sp³-hybridized carbons (Fsp3) is 0.143. The molecule has 0 aromatic heterocycles. The van der Waals surface area contributed by atoms with Crippen LogP contribution in [-0.2, 0) is 16.6 Å². The number of methoxy groups -OCH3 is 1. The van der Waals surface area contributed by atoms with Gasteiger partial charge in [-0.1, -0.05) is 12.1 Å². The van der Waals surface area contributed by atoms with Crippen molar-refractivity contribution in [2.45, 2.75) is 10.6 Å². The number of halogens is 1. The first-order valence-electron chi connectivity index (χ1n) is 5.66. The second kappa shape index (κ2) is 5.84. The first kappa shape index (κ1) is 13.5. The lowest BCUT2D eigenvalue weighted by atomic mass is 10.2. The summed E-state index contributed by atoms with van der Waals surface area (Å²) in [5, 5.41) is 0. The predicted molar refractivity (Wildman–Crippen MR) is 73.9 cm³/mol. The van der Waals surface area contributed by atoms with E-state index in [0.717, 1.165) is 0 Å². The second-order valence-electron chi connectivity index (χ2n) is 4.02. The summed E-state index contributed by atoms with van der Waals surface area (Å²) in [5.41, 5.74) is 6.57. The molecule has 5 heteroatoms. The third-order valence-electron chi connectivity index (χ3n) is 2.67. The van der Waals surface area contributed by atoms with Crippen LogP contribution in [0, 0.1) is 5.82 Å². The molecule has 19 heavy (non-hydrogen) atoms. The van der Waals surface area contributed by atoms with Crippen molar-refractivity contribution in [1.82, 2.24) is 0 Å². The van der Waals surface area contributed by atoms with Gasteiger partial charge in [-0.25, -0.2) is 4.39 Å². The van der Waals surface area contributed by atoms with Crippen LogP contribution in [0.1, 0.15) is 5.56 Å². The molecule has 0 aliphatic rings. The van der Waals surface area contributed by atoms with Gasteiger partial charge in [0.05, 0.1) is 23.7 Å². The number of nitrogen functional groups attached to an aromatic ring is 1. The first-order valence-corrected chi connectivity index (χ1v) is 6.98. The van der Waals surface area contributed by atoms with Gasteiger partial charge in [0.25, 0.3) is 0 Å². The monoisotopic (exact) mass is 279 g/mol. The van der Waals surface area contributed by atoms with E-state index in [1.54, 1.807) is 36.4 Å². The van der Waals surface area contributed by atoms with Crippen LogP contribution < -0.4 is 10.5 Å². The smallest absolute Gasteiger partial charge is 0.131 e. The van der Waals surface area contributed by atoms with Crippen LogP contribution in [0.2, 0.25) is 0 Å². The van der Waals surface area contributed by atoms with Crippen molar-refractivity contribution in [2.75, 3.05) is 12.8 Å². The molecule has 0 fully saturated rings. The van der Waals surface area contributed by atoms with Gasteiger partial charge in [-0.05, 0) is 24.3 Å². The van der Waals surface area contributed by atoms with Gasteiger partial charge >= 0.3 is 0 Å². The number of benzene rings is 2. The first-order chi connectivity index (χ1) is 9.10. The molecule has 2 N–H and O–H groups in total. The van der Waals surface area contributed by atoms with Gasteiger partial charge in [-0.15, -0.1) is 0 Å². The number of rotatable bonds is 4. The van der Waals surface area contributed by atoms with E-state index < -0.39 is 16.6 Å². The molecular formula is C14H14FNO2S. The van der Waals surface area contributed by atoms with Gasteiger partial charge in [0.1, 0.15) is 11.6 Å². The fourth-order valence-electron chi connectivity index (χ4n) is 1.65. The topological polar surface area (TPSA) is 52.3 Å². The molecular weight excluding hydrogens is 265 g/mol. The lowest BCUT2D eigenvalue weighted by molar-refractivity contribution is 0.411. The summed E-state index contributed by atoms with van der Waals surface area (Å²) >= 11 is 0. The second-order valence-corrected chi connectivity index (χ2v) is 5.47. The fourth-order valence-corrected chi connectivity index (χ4v) is 2.83. The molecule has 0 heterocycles. The molecule has 2 aromatic rings. The van der Waals surface area contributed by atoms with Crippen molar-refractivity contribution >= 4 is 16.5 Å². The third kappa shape index (κ3) is 3.32. The van der Waals surface area contributed by atoms with Crippen LogP contribution in [0.4, 0.5) is 10.1 Å². The molecule has 0 amide bonds. The molecule has 1 unspecified atom stereocenters. The molecule has 0 bridgehead atoms. The number of hydrogen-bond acceptors (Lipinski definition) is 3. The molecule has 100 valence electrons. The molecule has 0 saturated carbocycles. The highest BCUT2D eigenvalue weighted by molar-refractivity contribution is 7.84. The molecule has 0 aliphatic carbocycles. The van der Waals surface area contributed by atoms with Gasteiger partial charge in [0.2, 0.25) is 0 Å². The van der Waals surface area contributed by atoms with Crippen LogP contribution in [-0.4, -0.2) is 11.3 Å². The maximum atomic E-state index is 13.8. The van der Waals surface area contributed by atoms with Crippen LogP contribution in [0.15, 0.2) is 47.4 Å². The Balaban J connectivity index is 2.19. The Bertz CT molecular complexity index is 616. The third-order valence-corrected chi connectivity index (χ3v) is 4.02. The SMILES string of the molecule is COc1ccc(CS(=O)c2cccc(N)c2)c(F)c1. The summed E-state index contributed by atoms with van der Waals surface area (Å²) < 4.78 is 30.8. The van der Waals surface area contributed by atoms with Gasteiger partial charge < -0.3 is 10.5 Å². The van der Waals surface area contributed by atoms with Crippen molar-refractivity contribution < 1.29 is 13.3 Å². The molecule has 0 saturated heterocycles.